The Kier molecular flexibility index (Phi) is 4.60. The maximum atomic E-state index is 5.89. The minimum absolute atomic E-state index is 0.245. The number of ether oxygens (including phenoxy) is 2. The summed E-state index contributed by atoms with van der Waals surface area (Å²) in [5.41, 5.74) is 4.94. The van der Waals surface area contributed by atoms with Crippen LogP contribution >= 0.6 is 0 Å². The molecule has 1 N–H and O–H groups in total. The van der Waals surface area contributed by atoms with Gasteiger partial charge in [-0.2, -0.15) is 4.68 Å². The molecule has 4 aromatic rings. The number of nitrogens with one attached hydrogen (secondary N) is 1. The van der Waals surface area contributed by atoms with Crippen molar-refractivity contribution in [3.05, 3.63) is 66.7 Å². The summed E-state index contributed by atoms with van der Waals surface area (Å²) in [4.78, 5) is 0. The van der Waals surface area contributed by atoms with E-state index in [1.807, 2.05) is 48.5 Å². The SMILES string of the molecule is COc1cc(CNn2cnnc2)ccc1Oc1nnnn1-c1ccccc1. The van der Waals surface area contributed by atoms with Crippen LogP contribution < -0.4 is 14.9 Å². The third-order valence-electron chi connectivity index (χ3n) is 3.76. The fourth-order valence-corrected chi connectivity index (χ4v) is 2.44. The van der Waals surface area contributed by atoms with E-state index in [1.165, 1.54) is 4.68 Å². The van der Waals surface area contributed by atoms with E-state index in [0.717, 1.165) is 11.3 Å². The number of benzene rings is 2. The lowest BCUT2D eigenvalue weighted by Crippen LogP contribution is -2.12. The van der Waals surface area contributed by atoms with Gasteiger partial charge in [-0.25, -0.2) is 4.68 Å². The van der Waals surface area contributed by atoms with Gasteiger partial charge in [-0.1, -0.05) is 29.4 Å². The van der Waals surface area contributed by atoms with Crippen molar-refractivity contribution >= 4 is 0 Å². The Morgan fingerprint density at radius 2 is 1.81 bits per heavy atom. The molecule has 2 heterocycles. The fourth-order valence-electron chi connectivity index (χ4n) is 2.44. The summed E-state index contributed by atoms with van der Waals surface area (Å²) in [6, 6.07) is 15.4. The van der Waals surface area contributed by atoms with Gasteiger partial charge < -0.3 is 14.9 Å². The van der Waals surface area contributed by atoms with Crippen molar-refractivity contribution in [1.82, 2.24) is 35.1 Å². The fraction of sp³-hybridized carbons (Fsp3) is 0.118. The van der Waals surface area contributed by atoms with Crippen molar-refractivity contribution in [3.8, 4) is 23.2 Å². The van der Waals surface area contributed by atoms with Crippen molar-refractivity contribution in [2.24, 2.45) is 0 Å². The molecule has 0 unspecified atom stereocenters. The van der Waals surface area contributed by atoms with Crippen LogP contribution in [0.4, 0.5) is 0 Å². The molecule has 0 amide bonds. The van der Waals surface area contributed by atoms with Crippen molar-refractivity contribution in [2.45, 2.75) is 6.54 Å². The lowest BCUT2D eigenvalue weighted by atomic mass is 10.2. The molecular formula is C17H16N8O2. The van der Waals surface area contributed by atoms with Crippen molar-refractivity contribution in [2.75, 3.05) is 12.5 Å². The maximum absolute atomic E-state index is 5.89. The Morgan fingerprint density at radius 3 is 2.59 bits per heavy atom. The van der Waals surface area contributed by atoms with Crippen LogP contribution in [0.15, 0.2) is 61.2 Å². The Bertz CT molecular complexity index is 1000. The van der Waals surface area contributed by atoms with Crippen LogP contribution in [0.25, 0.3) is 5.69 Å². The summed E-state index contributed by atoms with van der Waals surface area (Å²) in [6.45, 7) is 0.566. The highest BCUT2D eigenvalue weighted by molar-refractivity contribution is 5.45. The van der Waals surface area contributed by atoms with Gasteiger partial charge in [0, 0.05) is 0 Å². The second-order valence-electron chi connectivity index (χ2n) is 5.50. The van der Waals surface area contributed by atoms with E-state index < -0.39 is 0 Å². The number of rotatable bonds is 7. The number of para-hydroxylation sites is 1. The Morgan fingerprint density at radius 1 is 1.00 bits per heavy atom. The second-order valence-corrected chi connectivity index (χ2v) is 5.50. The topological polar surface area (TPSA) is 105 Å². The molecule has 0 spiro atoms. The largest absolute Gasteiger partial charge is 0.493 e. The van der Waals surface area contributed by atoms with Gasteiger partial charge in [0.15, 0.2) is 11.5 Å². The smallest absolute Gasteiger partial charge is 0.346 e. The predicted octanol–water partition coefficient (Wildman–Crippen LogP) is 1.80. The van der Waals surface area contributed by atoms with Gasteiger partial charge in [0.1, 0.15) is 12.7 Å². The minimum atomic E-state index is 0.245. The molecule has 4 rings (SSSR count). The van der Waals surface area contributed by atoms with E-state index in [2.05, 4.69) is 31.1 Å². The van der Waals surface area contributed by atoms with Gasteiger partial charge in [0.2, 0.25) is 0 Å². The molecule has 0 aliphatic rings. The monoisotopic (exact) mass is 364 g/mol. The average molecular weight is 364 g/mol. The van der Waals surface area contributed by atoms with Gasteiger partial charge in [0.05, 0.1) is 19.3 Å². The first-order valence-corrected chi connectivity index (χ1v) is 8.10. The zero-order valence-corrected chi connectivity index (χ0v) is 14.4. The second kappa shape index (κ2) is 7.52. The standard InChI is InChI=1S/C17H16N8O2/c1-26-16-9-13(10-20-24-11-18-19-12-24)7-8-15(16)27-17-21-22-23-25(17)14-5-3-2-4-6-14/h2-9,11-12,20H,10H2,1H3. The molecule has 0 saturated carbocycles. The highest BCUT2D eigenvalue weighted by Gasteiger charge is 2.14. The first-order valence-electron chi connectivity index (χ1n) is 8.10. The lowest BCUT2D eigenvalue weighted by Gasteiger charge is -2.12. The molecule has 0 bridgehead atoms. The predicted molar refractivity (Wildman–Crippen MR) is 95.3 cm³/mol. The van der Waals surface area contributed by atoms with Crippen LogP contribution in [-0.2, 0) is 6.54 Å². The minimum Gasteiger partial charge on any atom is -0.493 e. The van der Waals surface area contributed by atoms with Crippen molar-refractivity contribution in [3.63, 3.8) is 0 Å². The number of hydrogen-bond acceptors (Lipinski definition) is 8. The molecule has 10 heteroatoms. The first-order chi connectivity index (χ1) is 13.3. The molecule has 136 valence electrons. The molecule has 0 aliphatic heterocycles. The Balaban J connectivity index is 1.53. The molecule has 0 saturated heterocycles. The molecule has 2 aromatic heterocycles. The van der Waals surface area contributed by atoms with E-state index >= 15 is 0 Å². The first kappa shape index (κ1) is 16.5. The van der Waals surface area contributed by atoms with E-state index in [4.69, 9.17) is 9.47 Å². The maximum Gasteiger partial charge on any atom is 0.346 e. The highest BCUT2D eigenvalue weighted by atomic mass is 16.5. The summed E-state index contributed by atoms with van der Waals surface area (Å²) in [5.74, 6) is 1.08. The molecular weight excluding hydrogens is 348 g/mol. The third kappa shape index (κ3) is 3.68. The van der Waals surface area contributed by atoms with Gasteiger partial charge in [-0.15, -0.1) is 10.2 Å². The van der Waals surface area contributed by atoms with Crippen LogP contribution in [0, 0.1) is 0 Å². The summed E-state index contributed by atoms with van der Waals surface area (Å²) >= 11 is 0. The van der Waals surface area contributed by atoms with Gasteiger partial charge in [-0.3, -0.25) is 0 Å². The number of hydrogen-bond donors (Lipinski definition) is 1. The number of methoxy groups -OCH3 is 1. The number of tetrazole rings is 1. The normalized spacial score (nSPS) is 10.6. The average Bonchev–Trinajstić information content (AvgIpc) is 3.40. The summed E-state index contributed by atoms with van der Waals surface area (Å²) in [7, 11) is 1.58. The zero-order valence-electron chi connectivity index (χ0n) is 14.4. The van der Waals surface area contributed by atoms with Crippen LogP contribution in [-0.4, -0.2) is 42.2 Å². The van der Waals surface area contributed by atoms with Crippen LogP contribution in [0.2, 0.25) is 0 Å². The highest BCUT2D eigenvalue weighted by Crippen LogP contribution is 2.32. The quantitative estimate of drug-likeness (QED) is 0.529. The van der Waals surface area contributed by atoms with Crippen LogP contribution in [0.1, 0.15) is 5.56 Å². The van der Waals surface area contributed by atoms with E-state index in [-0.39, 0.29) is 6.01 Å². The van der Waals surface area contributed by atoms with Gasteiger partial charge in [0.25, 0.3) is 0 Å². The Hall–Kier alpha value is -3.95. The van der Waals surface area contributed by atoms with Crippen molar-refractivity contribution in [1.29, 1.82) is 0 Å². The zero-order chi connectivity index (χ0) is 18.5. The van der Waals surface area contributed by atoms with E-state index in [0.29, 0.717) is 18.0 Å². The number of nitrogens with zero attached hydrogens (tertiary/aromatic N) is 7. The van der Waals surface area contributed by atoms with Gasteiger partial charge >= 0.3 is 6.01 Å². The lowest BCUT2D eigenvalue weighted by molar-refractivity contribution is 0.363. The summed E-state index contributed by atoms with van der Waals surface area (Å²) < 4.78 is 14.5. The molecule has 0 atom stereocenters. The van der Waals surface area contributed by atoms with Crippen molar-refractivity contribution < 1.29 is 9.47 Å². The van der Waals surface area contributed by atoms with Gasteiger partial charge in [-0.05, 0) is 40.3 Å². The summed E-state index contributed by atoms with van der Waals surface area (Å²) in [5, 5.41) is 19.1. The van der Waals surface area contributed by atoms with Crippen LogP contribution in [0.3, 0.4) is 0 Å². The molecule has 0 fully saturated rings. The Labute approximate surface area is 154 Å². The number of aromatic nitrogens is 7. The summed E-state index contributed by atoms with van der Waals surface area (Å²) in [6.07, 6.45) is 3.16. The van der Waals surface area contributed by atoms with E-state index in [9.17, 15) is 0 Å². The molecule has 0 radical (unpaired) electrons. The molecule has 0 aliphatic carbocycles. The molecule has 10 nitrogen and oxygen atoms in total. The molecule has 27 heavy (non-hydrogen) atoms. The third-order valence-corrected chi connectivity index (χ3v) is 3.76. The molecule has 2 aromatic carbocycles. The van der Waals surface area contributed by atoms with Crippen LogP contribution in [0.5, 0.6) is 17.5 Å². The van der Waals surface area contributed by atoms with E-state index in [1.54, 1.807) is 24.4 Å².